The molecule has 2 aromatic carbocycles. The number of halogens is 3. The molecule has 0 aliphatic carbocycles. The fraction of sp³-hybridized carbons (Fsp3) is 0.200. The maximum absolute atomic E-state index is 12.7. The number of alkyl halides is 3. The number of nitrogens with one attached hydrogen (secondary N) is 2. The number of carbonyl (C=O) groups is 2. The third-order valence-electron chi connectivity index (χ3n) is 4.20. The lowest BCUT2D eigenvalue weighted by molar-refractivity contribution is -0.137. The number of hydrogen-bond acceptors (Lipinski definition) is 4. The molecule has 2 amide bonds. The monoisotopic (exact) mass is 422 g/mol. The summed E-state index contributed by atoms with van der Waals surface area (Å²) in [5, 5.41) is 16.1. The first-order valence-electron chi connectivity index (χ1n) is 8.54. The van der Waals surface area contributed by atoms with Crippen molar-refractivity contribution in [3.05, 3.63) is 65.0 Å². The quantitative estimate of drug-likeness (QED) is 0.559. The molecule has 152 valence electrons. The molecule has 1 aromatic heterocycles. The average molecular weight is 422 g/mol. The van der Waals surface area contributed by atoms with E-state index < -0.39 is 29.2 Å². The summed E-state index contributed by atoms with van der Waals surface area (Å²) >= 11 is 1.36. The minimum atomic E-state index is -4.56. The van der Waals surface area contributed by atoms with Crippen LogP contribution >= 0.6 is 11.3 Å². The van der Waals surface area contributed by atoms with E-state index in [0.717, 1.165) is 28.3 Å². The van der Waals surface area contributed by atoms with Crippen molar-refractivity contribution < 1.29 is 27.9 Å². The molecule has 29 heavy (non-hydrogen) atoms. The van der Waals surface area contributed by atoms with Gasteiger partial charge in [0, 0.05) is 15.3 Å². The van der Waals surface area contributed by atoms with Gasteiger partial charge in [-0.05, 0) is 42.6 Å². The van der Waals surface area contributed by atoms with Gasteiger partial charge < -0.3 is 15.7 Å². The van der Waals surface area contributed by atoms with E-state index in [1.54, 1.807) is 6.07 Å². The van der Waals surface area contributed by atoms with Gasteiger partial charge in [-0.2, -0.15) is 13.2 Å². The molecule has 0 saturated carbocycles. The van der Waals surface area contributed by atoms with E-state index in [1.807, 2.05) is 24.3 Å². The summed E-state index contributed by atoms with van der Waals surface area (Å²) in [5.41, 5.74) is -2.52. The summed E-state index contributed by atoms with van der Waals surface area (Å²) in [6.07, 6.45) is -4.56. The zero-order valence-corrected chi connectivity index (χ0v) is 16.0. The van der Waals surface area contributed by atoms with E-state index in [-0.39, 0.29) is 12.2 Å². The van der Waals surface area contributed by atoms with E-state index in [0.29, 0.717) is 4.88 Å². The maximum Gasteiger partial charge on any atom is 0.416 e. The average Bonchev–Trinajstić information content (AvgIpc) is 3.11. The Bertz CT molecular complexity index is 1030. The summed E-state index contributed by atoms with van der Waals surface area (Å²) in [6, 6.07) is 13.3. The van der Waals surface area contributed by atoms with Crippen molar-refractivity contribution in [3.63, 3.8) is 0 Å². The molecule has 0 aliphatic heterocycles. The van der Waals surface area contributed by atoms with E-state index >= 15 is 0 Å². The van der Waals surface area contributed by atoms with Crippen LogP contribution in [0.4, 0.5) is 18.9 Å². The predicted octanol–water partition coefficient (Wildman–Crippen LogP) is 3.88. The van der Waals surface area contributed by atoms with E-state index in [9.17, 15) is 27.9 Å². The first kappa shape index (κ1) is 20.8. The highest BCUT2D eigenvalue weighted by molar-refractivity contribution is 7.19. The number of anilines is 1. The van der Waals surface area contributed by atoms with Gasteiger partial charge in [0.25, 0.3) is 0 Å². The van der Waals surface area contributed by atoms with Crippen LogP contribution in [-0.4, -0.2) is 23.5 Å². The lowest BCUT2D eigenvalue weighted by Gasteiger charge is -2.22. The summed E-state index contributed by atoms with van der Waals surface area (Å²) in [5.74, 6) is -2.19. The van der Waals surface area contributed by atoms with Crippen molar-refractivity contribution >= 4 is 38.9 Å². The summed E-state index contributed by atoms with van der Waals surface area (Å²) in [6.45, 7) is 1.26. The number of fused-ring (bicyclic) bond motifs is 1. The summed E-state index contributed by atoms with van der Waals surface area (Å²) < 4.78 is 39.2. The van der Waals surface area contributed by atoms with Gasteiger partial charge >= 0.3 is 18.0 Å². The second-order valence-electron chi connectivity index (χ2n) is 6.64. The number of thiophene rings is 1. The molecular weight excluding hydrogens is 405 g/mol. The molecule has 0 spiro atoms. The normalized spacial score (nSPS) is 13.7. The molecule has 0 radical (unpaired) electrons. The van der Waals surface area contributed by atoms with Gasteiger partial charge in [0.2, 0.25) is 0 Å². The van der Waals surface area contributed by atoms with Crippen LogP contribution < -0.4 is 10.6 Å². The first-order chi connectivity index (χ1) is 13.6. The van der Waals surface area contributed by atoms with Crippen LogP contribution in [0.25, 0.3) is 10.1 Å². The lowest BCUT2D eigenvalue weighted by atomic mass is 10.0. The molecule has 1 heterocycles. The van der Waals surface area contributed by atoms with Crippen molar-refractivity contribution in [3.8, 4) is 0 Å². The highest BCUT2D eigenvalue weighted by Crippen LogP contribution is 2.33. The molecule has 3 rings (SSSR count). The Morgan fingerprint density at radius 2 is 1.76 bits per heavy atom. The maximum atomic E-state index is 12.7. The topological polar surface area (TPSA) is 78.4 Å². The Labute approximate surface area is 168 Å². The van der Waals surface area contributed by atoms with Crippen LogP contribution in [0, 0.1) is 0 Å². The molecule has 0 bridgehead atoms. The smallest absolute Gasteiger partial charge is 0.383 e. The van der Waals surface area contributed by atoms with E-state index in [1.165, 1.54) is 24.3 Å². The minimum absolute atomic E-state index is 0.156. The Hall–Kier alpha value is -2.91. The summed E-state index contributed by atoms with van der Waals surface area (Å²) in [7, 11) is 0. The fourth-order valence-corrected chi connectivity index (χ4v) is 3.73. The van der Waals surface area contributed by atoms with Crippen LogP contribution in [0.15, 0.2) is 54.6 Å². The lowest BCUT2D eigenvalue weighted by Crippen LogP contribution is -2.43. The zero-order valence-electron chi connectivity index (χ0n) is 15.2. The first-order valence-corrected chi connectivity index (χ1v) is 9.36. The standard InChI is InChI=1S/C20H17F3N2O3S/c1-19(28,16-9-12-5-2-3-8-15(12)29-16)11-24-17(26)18(27)25-14-7-4-6-13(10-14)20(21,22)23/h2-10,28H,11H2,1H3,(H,24,26)(H,25,27)/t19-/m0/s1. The van der Waals surface area contributed by atoms with E-state index in [4.69, 9.17) is 0 Å². The van der Waals surface area contributed by atoms with Crippen LogP contribution in [0.5, 0.6) is 0 Å². The third kappa shape index (κ3) is 4.93. The van der Waals surface area contributed by atoms with Crippen LogP contribution in [0.2, 0.25) is 0 Å². The van der Waals surface area contributed by atoms with Crippen LogP contribution in [0.3, 0.4) is 0 Å². The molecule has 9 heteroatoms. The minimum Gasteiger partial charge on any atom is -0.383 e. The molecule has 0 fully saturated rings. The second kappa shape index (κ2) is 7.84. The Morgan fingerprint density at radius 3 is 2.45 bits per heavy atom. The fourth-order valence-electron chi connectivity index (χ4n) is 2.63. The van der Waals surface area contributed by atoms with Crippen LogP contribution in [-0.2, 0) is 21.4 Å². The SMILES string of the molecule is C[C@](O)(CNC(=O)C(=O)Nc1cccc(C(F)(F)F)c1)c1cc2ccccc2s1. The van der Waals surface area contributed by atoms with Crippen molar-refractivity contribution in [2.24, 2.45) is 0 Å². The Balaban J connectivity index is 1.63. The van der Waals surface area contributed by atoms with Gasteiger partial charge in [0.1, 0.15) is 5.60 Å². The molecule has 0 saturated heterocycles. The van der Waals surface area contributed by atoms with Crippen molar-refractivity contribution in [2.75, 3.05) is 11.9 Å². The highest BCUT2D eigenvalue weighted by Gasteiger charge is 2.31. The molecule has 0 unspecified atom stereocenters. The number of hydrogen-bond donors (Lipinski definition) is 3. The molecule has 3 N–H and O–H groups in total. The van der Waals surface area contributed by atoms with Gasteiger partial charge in [0.15, 0.2) is 0 Å². The molecular formula is C20H17F3N2O3S. The summed E-state index contributed by atoms with van der Waals surface area (Å²) in [4.78, 5) is 24.6. The van der Waals surface area contributed by atoms with Crippen LogP contribution in [0.1, 0.15) is 17.4 Å². The zero-order chi connectivity index (χ0) is 21.2. The van der Waals surface area contributed by atoms with E-state index in [2.05, 4.69) is 10.6 Å². The highest BCUT2D eigenvalue weighted by atomic mass is 32.1. The molecule has 0 aliphatic rings. The third-order valence-corrected chi connectivity index (χ3v) is 5.57. The van der Waals surface area contributed by atoms with Crippen molar-refractivity contribution in [2.45, 2.75) is 18.7 Å². The number of amides is 2. The molecule has 1 atom stereocenters. The van der Waals surface area contributed by atoms with Gasteiger partial charge in [-0.1, -0.05) is 24.3 Å². The van der Waals surface area contributed by atoms with Gasteiger partial charge in [0.05, 0.1) is 12.1 Å². The molecule has 5 nitrogen and oxygen atoms in total. The predicted molar refractivity (Wildman–Crippen MR) is 104 cm³/mol. The van der Waals surface area contributed by atoms with Gasteiger partial charge in [-0.3, -0.25) is 9.59 Å². The number of rotatable bonds is 4. The Kier molecular flexibility index (Phi) is 5.63. The number of aliphatic hydroxyl groups is 1. The van der Waals surface area contributed by atoms with Gasteiger partial charge in [-0.15, -0.1) is 11.3 Å². The molecule has 3 aromatic rings. The number of benzene rings is 2. The number of carbonyl (C=O) groups excluding carboxylic acids is 2. The largest absolute Gasteiger partial charge is 0.416 e. The second-order valence-corrected chi connectivity index (χ2v) is 7.72. The van der Waals surface area contributed by atoms with Crippen molar-refractivity contribution in [1.82, 2.24) is 5.32 Å². The Morgan fingerprint density at radius 1 is 1.03 bits per heavy atom. The van der Waals surface area contributed by atoms with Crippen molar-refractivity contribution in [1.29, 1.82) is 0 Å². The van der Waals surface area contributed by atoms with Gasteiger partial charge in [-0.25, -0.2) is 0 Å².